The van der Waals surface area contributed by atoms with Crippen LogP contribution in [0.2, 0.25) is 0 Å². The molecule has 0 aliphatic rings. The largest absolute Gasteiger partial charge is 0.508 e. The SMILES string of the molecule is CCCCCCCCC(CC(C)(c1cc(C(C)(C)C)c(O)cc1C)c1cc(C(C)(C)C)c(O)cc1C)SCCCC. The first-order chi connectivity index (χ1) is 19.1. The molecule has 0 saturated carbocycles. The molecule has 41 heavy (non-hydrogen) atoms. The second-order valence-corrected chi connectivity index (χ2v) is 16.2. The minimum atomic E-state index is -0.262. The van der Waals surface area contributed by atoms with Crippen molar-refractivity contribution < 1.29 is 10.2 Å². The highest BCUT2D eigenvalue weighted by atomic mass is 32.2. The second kappa shape index (κ2) is 15.2. The minimum absolute atomic E-state index is 0.165. The molecule has 232 valence electrons. The first kappa shape index (κ1) is 35.6. The van der Waals surface area contributed by atoms with E-state index < -0.39 is 0 Å². The summed E-state index contributed by atoms with van der Waals surface area (Å²) in [6.45, 7) is 24.4. The van der Waals surface area contributed by atoms with Crippen LogP contribution in [-0.2, 0) is 16.2 Å². The molecule has 0 aromatic heterocycles. The van der Waals surface area contributed by atoms with Crippen molar-refractivity contribution in [1.82, 2.24) is 0 Å². The third kappa shape index (κ3) is 9.70. The van der Waals surface area contributed by atoms with E-state index >= 15 is 0 Å². The Kier molecular flexibility index (Phi) is 13.2. The molecule has 2 nitrogen and oxygen atoms in total. The first-order valence-corrected chi connectivity index (χ1v) is 17.4. The van der Waals surface area contributed by atoms with E-state index in [0.29, 0.717) is 16.7 Å². The number of thioether (sulfide) groups is 1. The maximum absolute atomic E-state index is 11.0. The zero-order valence-electron chi connectivity index (χ0n) is 28.5. The van der Waals surface area contributed by atoms with E-state index in [0.717, 1.165) is 28.7 Å². The predicted molar refractivity (Wildman–Crippen MR) is 183 cm³/mol. The van der Waals surface area contributed by atoms with Crippen LogP contribution in [0.15, 0.2) is 24.3 Å². The highest BCUT2D eigenvalue weighted by Gasteiger charge is 2.37. The Hall–Kier alpha value is -1.61. The number of hydrogen-bond donors (Lipinski definition) is 2. The average Bonchev–Trinajstić information content (AvgIpc) is 2.84. The predicted octanol–water partition coefficient (Wildman–Crippen LogP) is 11.7. The zero-order chi connectivity index (χ0) is 31.0. The van der Waals surface area contributed by atoms with E-state index in [2.05, 4.69) is 100 Å². The number of hydrogen-bond acceptors (Lipinski definition) is 3. The van der Waals surface area contributed by atoms with Gasteiger partial charge in [0, 0.05) is 10.7 Å². The van der Waals surface area contributed by atoms with Gasteiger partial charge in [0.25, 0.3) is 0 Å². The van der Waals surface area contributed by atoms with Gasteiger partial charge in [-0.05, 0) is 95.2 Å². The van der Waals surface area contributed by atoms with Crippen LogP contribution in [0.4, 0.5) is 0 Å². The van der Waals surface area contributed by atoms with E-state index in [4.69, 9.17) is 0 Å². The second-order valence-electron chi connectivity index (χ2n) is 14.8. The van der Waals surface area contributed by atoms with Crippen LogP contribution < -0.4 is 0 Å². The number of phenols is 2. The summed E-state index contributed by atoms with van der Waals surface area (Å²) in [5.74, 6) is 1.98. The fourth-order valence-corrected chi connectivity index (χ4v) is 7.96. The monoisotopic (exact) mass is 582 g/mol. The molecule has 0 aliphatic carbocycles. The highest BCUT2D eigenvalue weighted by Crippen LogP contribution is 2.47. The lowest BCUT2D eigenvalue weighted by molar-refractivity contribution is 0.436. The Balaban J connectivity index is 2.70. The Labute approximate surface area is 258 Å². The first-order valence-electron chi connectivity index (χ1n) is 16.4. The molecule has 0 heterocycles. The van der Waals surface area contributed by atoms with Gasteiger partial charge in [-0.25, -0.2) is 0 Å². The van der Waals surface area contributed by atoms with Crippen molar-refractivity contribution in [3.05, 3.63) is 57.6 Å². The van der Waals surface area contributed by atoms with E-state index in [9.17, 15) is 10.2 Å². The summed E-state index contributed by atoms with van der Waals surface area (Å²) in [5.41, 5.74) is 6.30. The summed E-state index contributed by atoms with van der Waals surface area (Å²) in [6, 6.07) is 8.57. The standard InChI is InChI=1S/C38H62O2S/c1-12-14-16-17-18-19-20-29(41-21-15-13-2)26-38(11,30-24-32(36(5,6)7)34(39)22-27(30)3)31-25-33(37(8,9)10)35(40)23-28(31)4/h22-25,29,39-40H,12-21,26H2,1-11H3. The summed E-state index contributed by atoms with van der Waals surface area (Å²) < 4.78 is 0. The Morgan fingerprint density at radius 3 is 1.49 bits per heavy atom. The van der Waals surface area contributed by atoms with Gasteiger partial charge in [-0.1, -0.05) is 119 Å². The normalized spacial score (nSPS) is 13.5. The van der Waals surface area contributed by atoms with Crippen LogP contribution in [0.5, 0.6) is 11.5 Å². The summed E-state index contributed by atoms with van der Waals surface area (Å²) in [4.78, 5) is 0. The van der Waals surface area contributed by atoms with Crippen molar-refractivity contribution in [2.45, 2.75) is 162 Å². The fraction of sp³-hybridized carbons (Fsp3) is 0.684. The average molecular weight is 583 g/mol. The molecule has 2 aromatic rings. The van der Waals surface area contributed by atoms with E-state index in [-0.39, 0.29) is 16.2 Å². The fourth-order valence-electron chi connectivity index (χ4n) is 6.39. The summed E-state index contributed by atoms with van der Waals surface area (Å²) >= 11 is 2.17. The molecule has 0 saturated heterocycles. The Morgan fingerprint density at radius 1 is 0.610 bits per heavy atom. The summed E-state index contributed by atoms with van der Waals surface area (Å²) in [7, 11) is 0. The van der Waals surface area contributed by atoms with E-state index in [1.54, 1.807) is 0 Å². The molecule has 0 spiro atoms. The molecular formula is C38H62O2S. The molecule has 0 amide bonds. The van der Waals surface area contributed by atoms with Gasteiger partial charge in [0.2, 0.25) is 0 Å². The van der Waals surface area contributed by atoms with E-state index in [1.165, 1.54) is 74.7 Å². The van der Waals surface area contributed by atoms with Crippen molar-refractivity contribution in [3.8, 4) is 11.5 Å². The molecule has 0 aliphatic heterocycles. The van der Waals surface area contributed by atoms with Gasteiger partial charge in [-0.3, -0.25) is 0 Å². The third-order valence-electron chi connectivity index (χ3n) is 8.86. The maximum Gasteiger partial charge on any atom is 0.119 e. The summed E-state index contributed by atoms with van der Waals surface area (Å²) in [6.07, 6.45) is 12.7. The Bertz CT molecular complexity index is 1030. The molecule has 2 rings (SSSR count). The molecule has 0 fully saturated rings. The molecule has 3 heteroatoms. The van der Waals surface area contributed by atoms with Crippen molar-refractivity contribution in [3.63, 3.8) is 0 Å². The summed E-state index contributed by atoms with van der Waals surface area (Å²) in [5, 5.41) is 22.6. The maximum atomic E-state index is 11.0. The number of unbranched alkanes of at least 4 members (excludes halogenated alkanes) is 6. The van der Waals surface area contributed by atoms with Gasteiger partial charge in [0.15, 0.2) is 0 Å². The van der Waals surface area contributed by atoms with Crippen LogP contribution in [-0.4, -0.2) is 21.2 Å². The Morgan fingerprint density at radius 2 is 1.05 bits per heavy atom. The zero-order valence-corrected chi connectivity index (χ0v) is 29.3. The van der Waals surface area contributed by atoms with Crippen molar-refractivity contribution >= 4 is 11.8 Å². The van der Waals surface area contributed by atoms with Crippen LogP contribution in [0.3, 0.4) is 0 Å². The highest BCUT2D eigenvalue weighted by molar-refractivity contribution is 7.99. The van der Waals surface area contributed by atoms with Gasteiger partial charge >= 0.3 is 0 Å². The van der Waals surface area contributed by atoms with Crippen molar-refractivity contribution in [2.24, 2.45) is 0 Å². The lowest BCUT2D eigenvalue weighted by Gasteiger charge is -2.39. The van der Waals surface area contributed by atoms with Crippen LogP contribution in [0, 0.1) is 13.8 Å². The third-order valence-corrected chi connectivity index (χ3v) is 10.3. The van der Waals surface area contributed by atoms with Crippen LogP contribution in [0.1, 0.15) is 160 Å². The molecule has 0 bridgehead atoms. The van der Waals surface area contributed by atoms with Crippen LogP contribution >= 0.6 is 11.8 Å². The molecule has 1 unspecified atom stereocenters. The van der Waals surface area contributed by atoms with Crippen molar-refractivity contribution in [2.75, 3.05) is 5.75 Å². The topological polar surface area (TPSA) is 40.5 Å². The number of phenolic OH excluding ortho intramolecular Hbond substituents is 2. The van der Waals surface area contributed by atoms with Crippen molar-refractivity contribution in [1.29, 1.82) is 0 Å². The van der Waals surface area contributed by atoms with E-state index in [1.807, 2.05) is 12.1 Å². The molecule has 2 aromatic carbocycles. The molecular weight excluding hydrogens is 520 g/mol. The van der Waals surface area contributed by atoms with Gasteiger partial charge < -0.3 is 10.2 Å². The lowest BCUT2D eigenvalue weighted by atomic mass is 9.67. The quantitative estimate of drug-likeness (QED) is 0.205. The number of rotatable bonds is 15. The number of aromatic hydroxyl groups is 2. The van der Waals surface area contributed by atoms with Gasteiger partial charge in [0.1, 0.15) is 11.5 Å². The van der Waals surface area contributed by atoms with Crippen LogP contribution in [0.25, 0.3) is 0 Å². The number of aryl methyl sites for hydroxylation is 2. The van der Waals surface area contributed by atoms with Gasteiger partial charge in [0.05, 0.1) is 0 Å². The molecule has 2 N–H and O–H groups in total. The number of benzene rings is 2. The smallest absolute Gasteiger partial charge is 0.119 e. The minimum Gasteiger partial charge on any atom is -0.508 e. The molecule has 0 radical (unpaired) electrons. The lowest BCUT2D eigenvalue weighted by Crippen LogP contribution is -2.31. The molecule has 1 atom stereocenters. The van der Waals surface area contributed by atoms with Gasteiger partial charge in [-0.2, -0.15) is 11.8 Å². The van der Waals surface area contributed by atoms with Gasteiger partial charge in [-0.15, -0.1) is 0 Å².